The minimum Gasteiger partial charge on any atom is -0.302 e. The second-order valence-corrected chi connectivity index (χ2v) is 7.23. The summed E-state index contributed by atoms with van der Waals surface area (Å²) < 4.78 is 26.3. The number of hydrogen-bond donors (Lipinski definition) is 0. The molecule has 1 aliphatic heterocycles. The van der Waals surface area contributed by atoms with E-state index in [-0.39, 0.29) is 5.75 Å². The Hall–Kier alpha value is -1.07. The molecule has 2 rings (SSSR count). The van der Waals surface area contributed by atoms with Crippen molar-refractivity contribution in [2.75, 3.05) is 30.7 Å². The smallest absolute Gasteiger partial charge is 0.235 e. The lowest BCUT2D eigenvalue weighted by molar-refractivity contribution is 0.281. The summed E-state index contributed by atoms with van der Waals surface area (Å²) in [5.41, 5.74) is 1.96. The summed E-state index contributed by atoms with van der Waals surface area (Å²) in [7, 11) is 0.898. The van der Waals surface area contributed by atoms with Crippen molar-refractivity contribution in [1.82, 2.24) is 4.90 Å². The summed E-state index contributed by atoms with van der Waals surface area (Å²) in [5.74, 6) is 0.216. The number of fused-ring (bicyclic) bond motifs is 1. The summed E-state index contributed by atoms with van der Waals surface area (Å²) in [5, 5.41) is 0. The van der Waals surface area contributed by atoms with Crippen LogP contribution < -0.4 is 4.31 Å². The summed E-state index contributed by atoms with van der Waals surface area (Å²) in [6.45, 7) is 2.47. The molecule has 4 nitrogen and oxygen atoms in total. The van der Waals surface area contributed by atoms with Crippen LogP contribution in [0.2, 0.25) is 0 Å². The Morgan fingerprint density at radius 2 is 2.00 bits per heavy atom. The Balaban J connectivity index is 2.44. The Morgan fingerprint density at radius 3 is 2.63 bits per heavy atom. The van der Waals surface area contributed by atoms with Gasteiger partial charge in [0.15, 0.2) is 0 Å². The maximum atomic E-state index is 12.3. The molecule has 0 bridgehead atoms. The third-order valence-corrected chi connectivity index (χ3v) is 5.57. The maximum absolute atomic E-state index is 12.3. The molecule has 0 aromatic heterocycles. The van der Waals surface area contributed by atoms with Gasteiger partial charge in [-0.2, -0.15) is 0 Å². The van der Waals surface area contributed by atoms with Gasteiger partial charge in [0.1, 0.15) is 0 Å². The zero-order chi connectivity index (χ0) is 14.0. The topological polar surface area (TPSA) is 40.6 Å². The van der Waals surface area contributed by atoms with Gasteiger partial charge in [0.2, 0.25) is 10.0 Å². The van der Waals surface area contributed by atoms with Crippen LogP contribution in [0.4, 0.5) is 5.69 Å². The molecule has 0 N–H and O–H groups in total. The normalized spacial score (nSPS) is 19.6. The number of nitrogens with zero attached hydrogens (tertiary/aromatic N) is 2. The highest BCUT2D eigenvalue weighted by Crippen LogP contribution is 2.37. The van der Waals surface area contributed by atoms with Crippen molar-refractivity contribution in [3.8, 4) is 0 Å². The number of benzene rings is 1. The van der Waals surface area contributed by atoms with E-state index < -0.39 is 10.0 Å². The van der Waals surface area contributed by atoms with Crippen LogP contribution in [0.5, 0.6) is 0 Å². The van der Waals surface area contributed by atoms with Crippen molar-refractivity contribution in [1.29, 1.82) is 0 Å². The summed E-state index contributed by atoms with van der Waals surface area (Å²) in [6, 6.07) is 8.13. The molecule has 0 amide bonds. The number of para-hydroxylation sites is 1. The van der Waals surface area contributed by atoms with Crippen LogP contribution in [0.25, 0.3) is 0 Å². The van der Waals surface area contributed by atoms with Crippen molar-refractivity contribution in [3.63, 3.8) is 0 Å². The van der Waals surface area contributed by atoms with Crippen LogP contribution in [-0.4, -0.2) is 39.7 Å². The molecule has 1 unspecified atom stereocenters. The molecule has 19 heavy (non-hydrogen) atoms. The van der Waals surface area contributed by atoms with Crippen LogP contribution >= 0.6 is 0 Å². The van der Waals surface area contributed by atoms with E-state index in [9.17, 15) is 8.42 Å². The van der Waals surface area contributed by atoms with Crippen molar-refractivity contribution >= 4 is 15.7 Å². The lowest BCUT2D eigenvalue weighted by atomic mass is 9.97. The molecule has 0 fully saturated rings. The minimum atomic E-state index is -3.18. The summed E-state index contributed by atoms with van der Waals surface area (Å²) in [4.78, 5) is 2.16. The van der Waals surface area contributed by atoms with Crippen LogP contribution in [0.15, 0.2) is 24.3 Å². The molecular formula is C14H22N2O2S. The van der Waals surface area contributed by atoms with E-state index in [0.29, 0.717) is 19.0 Å². The lowest BCUT2D eigenvalue weighted by Gasteiger charge is -2.37. The van der Waals surface area contributed by atoms with Gasteiger partial charge in [-0.1, -0.05) is 25.1 Å². The predicted molar refractivity (Wildman–Crippen MR) is 78.9 cm³/mol. The highest BCUT2D eigenvalue weighted by molar-refractivity contribution is 7.92. The van der Waals surface area contributed by atoms with Crippen molar-refractivity contribution < 1.29 is 8.42 Å². The molecule has 0 spiro atoms. The van der Waals surface area contributed by atoms with Crippen LogP contribution in [0.1, 0.15) is 31.4 Å². The summed E-state index contributed by atoms with van der Waals surface area (Å²) in [6.07, 6.45) is 1.49. The second kappa shape index (κ2) is 5.51. The third-order valence-electron chi connectivity index (χ3n) is 3.59. The lowest BCUT2D eigenvalue weighted by Crippen LogP contribution is -2.40. The molecule has 0 aliphatic carbocycles. The van der Waals surface area contributed by atoms with Crippen LogP contribution in [0.3, 0.4) is 0 Å². The molecule has 1 aromatic carbocycles. The quantitative estimate of drug-likeness (QED) is 0.850. The first-order valence-electron chi connectivity index (χ1n) is 6.73. The maximum Gasteiger partial charge on any atom is 0.235 e. The minimum absolute atomic E-state index is 0.216. The molecule has 106 valence electrons. The van der Waals surface area contributed by atoms with Gasteiger partial charge in [-0.3, -0.25) is 4.31 Å². The average molecular weight is 282 g/mol. The molecule has 5 heteroatoms. The van der Waals surface area contributed by atoms with E-state index in [0.717, 1.165) is 17.7 Å². The molecule has 1 heterocycles. The molecular weight excluding hydrogens is 260 g/mol. The predicted octanol–water partition coefficient (Wildman–Crippen LogP) is 2.24. The van der Waals surface area contributed by atoms with Crippen molar-refractivity contribution in [2.45, 2.75) is 25.8 Å². The van der Waals surface area contributed by atoms with Crippen LogP contribution in [0, 0.1) is 0 Å². The van der Waals surface area contributed by atoms with E-state index in [1.807, 2.05) is 45.3 Å². The largest absolute Gasteiger partial charge is 0.302 e. The zero-order valence-electron chi connectivity index (χ0n) is 11.8. The first kappa shape index (κ1) is 14.3. The summed E-state index contributed by atoms with van der Waals surface area (Å²) >= 11 is 0. The van der Waals surface area contributed by atoms with E-state index in [1.54, 1.807) is 4.31 Å². The Morgan fingerprint density at radius 1 is 1.32 bits per heavy atom. The van der Waals surface area contributed by atoms with E-state index in [1.165, 1.54) is 0 Å². The molecule has 0 radical (unpaired) electrons. The Labute approximate surface area is 116 Å². The first-order chi connectivity index (χ1) is 8.97. The average Bonchev–Trinajstić information content (AvgIpc) is 2.37. The molecule has 1 atom stereocenters. The van der Waals surface area contributed by atoms with Gasteiger partial charge in [0, 0.05) is 12.6 Å². The molecule has 0 saturated carbocycles. The second-order valence-electron chi connectivity index (χ2n) is 5.22. The van der Waals surface area contributed by atoms with Gasteiger partial charge in [-0.25, -0.2) is 8.42 Å². The molecule has 0 saturated heterocycles. The van der Waals surface area contributed by atoms with Gasteiger partial charge >= 0.3 is 0 Å². The fourth-order valence-corrected chi connectivity index (χ4v) is 4.29. The first-order valence-corrected chi connectivity index (χ1v) is 8.34. The van der Waals surface area contributed by atoms with Crippen molar-refractivity contribution in [2.24, 2.45) is 0 Å². The van der Waals surface area contributed by atoms with Crippen molar-refractivity contribution in [3.05, 3.63) is 29.8 Å². The third kappa shape index (κ3) is 2.77. The van der Waals surface area contributed by atoms with Gasteiger partial charge in [-0.15, -0.1) is 0 Å². The SMILES string of the molecule is CCCS(=O)(=O)N1CCC(N(C)C)c2ccccc21. The Kier molecular flexibility index (Phi) is 4.16. The number of hydrogen-bond acceptors (Lipinski definition) is 3. The van der Waals surface area contributed by atoms with Gasteiger partial charge < -0.3 is 4.90 Å². The number of sulfonamides is 1. The van der Waals surface area contributed by atoms with E-state index in [2.05, 4.69) is 4.90 Å². The zero-order valence-corrected chi connectivity index (χ0v) is 12.7. The fourth-order valence-electron chi connectivity index (χ4n) is 2.71. The Bertz CT molecular complexity index is 540. The fraction of sp³-hybridized carbons (Fsp3) is 0.571. The van der Waals surface area contributed by atoms with E-state index >= 15 is 0 Å². The van der Waals surface area contributed by atoms with Crippen LogP contribution in [-0.2, 0) is 10.0 Å². The molecule has 1 aromatic rings. The highest BCUT2D eigenvalue weighted by Gasteiger charge is 2.31. The standard InChI is InChI=1S/C14H22N2O2S/c1-4-11-19(17,18)16-10-9-13(15(2)3)12-7-5-6-8-14(12)16/h5-8,13H,4,9-11H2,1-3H3. The van der Waals surface area contributed by atoms with Gasteiger partial charge in [-0.05, 0) is 38.6 Å². The number of anilines is 1. The monoisotopic (exact) mass is 282 g/mol. The number of rotatable bonds is 4. The van der Waals surface area contributed by atoms with Gasteiger partial charge in [0.05, 0.1) is 11.4 Å². The van der Waals surface area contributed by atoms with E-state index in [4.69, 9.17) is 0 Å². The molecule has 1 aliphatic rings. The highest BCUT2D eigenvalue weighted by atomic mass is 32.2. The van der Waals surface area contributed by atoms with Gasteiger partial charge in [0.25, 0.3) is 0 Å².